The van der Waals surface area contributed by atoms with Crippen LogP contribution in [0.3, 0.4) is 0 Å². The summed E-state index contributed by atoms with van der Waals surface area (Å²) in [7, 11) is 0. The summed E-state index contributed by atoms with van der Waals surface area (Å²) in [5, 5.41) is 9.19. The van der Waals surface area contributed by atoms with Crippen LogP contribution in [0.15, 0.2) is 36.9 Å². The summed E-state index contributed by atoms with van der Waals surface area (Å²) in [5.74, 6) is 0.349. The van der Waals surface area contributed by atoms with Gasteiger partial charge >= 0.3 is 23.1 Å². The maximum atomic E-state index is 9.19. The molecule has 0 spiro atoms. The number of phenolic OH excluding ortho intramolecular Hbond substituents is 1. The predicted octanol–water partition coefficient (Wildman–Crippen LogP) is 1.96. The molecular formula is C9H12MgO. The topological polar surface area (TPSA) is 20.2 Å². The van der Waals surface area contributed by atoms with Crippen LogP contribution in [0.25, 0.3) is 0 Å². The van der Waals surface area contributed by atoms with E-state index >= 15 is 0 Å². The van der Waals surface area contributed by atoms with Crippen molar-refractivity contribution in [1.29, 1.82) is 0 Å². The quantitative estimate of drug-likeness (QED) is 0.518. The van der Waals surface area contributed by atoms with Crippen LogP contribution in [0, 0.1) is 0 Å². The van der Waals surface area contributed by atoms with Gasteiger partial charge in [0.15, 0.2) is 0 Å². The number of aromatic hydroxyl groups is 1. The molecule has 1 aromatic carbocycles. The smallest absolute Gasteiger partial charge is 1.00 e. The summed E-state index contributed by atoms with van der Waals surface area (Å²) in [6.07, 6.45) is 2.50. The first-order chi connectivity index (χ1) is 4.84. The van der Waals surface area contributed by atoms with E-state index in [4.69, 9.17) is 0 Å². The van der Waals surface area contributed by atoms with Crippen molar-refractivity contribution in [3.05, 3.63) is 42.5 Å². The molecule has 0 aliphatic heterocycles. The Hall–Kier alpha value is -0.474. The van der Waals surface area contributed by atoms with Crippen molar-refractivity contribution in [3.63, 3.8) is 0 Å². The summed E-state index contributed by atoms with van der Waals surface area (Å²) in [4.78, 5) is 0. The minimum absolute atomic E-state index is 0. The van der Waals surface area contributed by atoms with Crippen molar-refractivity contribution < 1.29 is 7.96 Å². The van der Waals surface area contributed by atoms with Gasteiger partial charge < -0.3 is 7.96 Å². The standard InChI is InChI=1S/C9H10O.Mg.2H/c1-2-5-8-6-3-4-7-9(8)10;;;/h2-4,6-7,10H,1,5H2;;;/q;+2;2*-1. The van der Waals surface area contributed by atoms with Crippen molar-refractivity contribution in [2.75, 3.05) is 0 Å². The molecule has 0 radical (unpaired) electrons. The van der Waals surface area contributed by atoms with Crippen molar-refractivity contribution in [2.45, 2.75) is 6.42 Å². The Bertz CT molecular complexity index is 241. The van der Waals surface area contributed by atoms with Crippen molar-refractivity contribution in [2.24, 2.45) is 0 Å². The molecule has 56 valence electrons. The average Bonchev–Trinajstić information content (AvgIpc) is 1.94. The van der Waals surface area contributed by atoms with Gasteiger partial charge in [0.1, 0.15) is 5.75 Å². The molecule has 0 fully saturated rings. The number of para-hydroxylation sites is 1. The van der Waals surface area contributed by atoms with E-state index in [1.54, 1.807) is 12.1 Å². The van der Waals surface area contributed by atoms with E-state index in [0.29, 0.717) is 5.75 Å². The first-order valence-electron chi connectivity index (χ1n) is 3.22. The summed E-state index contributed by atoms with van der Waals surface area (Å²) in [6.45, 7) is 3.59. The summed E-state index contributed by atoms with van der Waals surface area (Å²) >= 11 is 0. The van der Waals surface area contributed by atoms with Gasteiger partial charge in [0.25, 0.3) is 0 Å². The summed E-state index contributed by atoms with van der Waals surface area (Å²) in [5.41, 5.74) is 0.928. The molecule has 1 nitrogen and oxygen atoms in total. The first-order valence-corrected chi connectivity index (χ1v) is 3.22. The Kier molecular flexibility index (Phi) is 4.99. The molecular weight excluding hydrogens is 148 g/mol. The molecule has 0 heterocycles. The second kappa shape index (κ2) is 5.21. The van der Waals surface area contributed by atoms with Crippen LogP contribution in [0.2, 0.25) is 0 Å². The molecule has 0 saturated heterocycles. The third-order valence-corrected chi connectivity index (χ3v) is 1.36. The maximum absolute atomic E-state index is 9.19. The Morgan fingerprint density at radius 2 is 2.09 bits per heavy atom. The molecule has 1 aromatic rings. The van der Waals surface area contributed by atoms with E-state index in [9.17, 15) is 5.11 Å². The Balaban J connectivity index is -0.000000333. The molecule has 1 rings (SSSR count). The van der Waals surface area contributed by atoms with Gasteiger partial charge in [-0.05, 0) is 18.1 Å². The van der Waals surface area contributed by atoms with Gasteiger partial charge in [0.05, 0.1) is 0 Å². The van der Waals surface area contributed by atoms with Gasteiger partial charge in [-0.3, -0.25) is 0 Å². The van der Waals surface area contributed by atoms with Crippen LogP contribution in [-0.4, -0.2) is 28.2 Å². The number of phenols is 1. The van der Waals surface area contributed by atoms with Crippen LogP contribution in [0.1, 0.15) is 8.42 Å². The molecule has 11 heavy (non-hydrogen) atoms. The van der Waals surface area contributed by atoms with Crippen molar-refractivity contribution in [1.82, 2.24) is 0 Å². The number of hydrogen-bond donors (Lipinski definition) is 1. The van der Waals surface area contributed by atoms with Gasteiger partial charge in [-0.15, -0.1) is 6.58 Å². The Morgan fingerprint density at radius 1 is 1.45 bits per heavy atom. The number of rotatable bonds is 2. The molecule has 0 amide bonds. The van der Waals surface area contributed by atoms with Gasteiger partial charge in [-0.2, -0.15) is 0 Å². The molecule has 0 aliphatic carbocycles. The first kappa shape index (κ1) is 10.5. The van der Waals surface area contributed by atoms with Gasteiger partial charge in [-0.25, -0.2) is 0 Å². The van der Waals surface area contributed by atoms with E-state index in [-0.39, 0.29) is 25.9 Å². The second-order valence-electron chi connectivity index (χ2n) is 2.12. The number of benzene rings is 1. The van der Waals surface area contributed by atoms with Gasteiger partial charge in [0.2, 0.25) is 0 Å². The monoisotopic (exact) mass is 160 g/mol. The zero-order valence-electron chi connectivity index (χ0n) is 8.46. The summed E-state index contributed by atoms with van der Waals surface area (Å²) in [6, 6.07) is 7.27. The van der Waals surface area contributed by atoms with Crippen molar-refractivity contribution in [3.8, 4) is 5.75 Å². The fraction of sp³-hybridized carbons (Fsp3) is 0.111. The van der Waals surface area contributed by atoms with E-state index in [0.717, 1.165) is 12.0 Å². The molecule has 0 aromatic heterocycles. The van der Waals surface area contributed by atoms with E-state index in [1.807, 2.05) is 18.2 Å². The number of allylic oxidation sites excluding steroid dienone is 1. The zero-order valence-corrected chi connectivity index (χ0v) is 7.87. The van der Waals surface area contributed by atoms with Crippen LogP contribution in [0.5, 0.6) is 5.75 Å². The molecule has 2 heteroatoms. The Labute approximate surface area is 85.9 Å². The van der Waals surface area contributed by atoms with Crippen molar-refractivity contribution >= 4 is 23.1 Å². The molecule has 0 aliphatic rings. The van der Waals surface area contributed by atoms with E-state index in [2.05, 4.69) is 6.58 Å². The maximum Gasteiger partial charge on any atom is 2.00 e. The minimum Gasteiger partial charge on any atom is -1.00 e. The summed E-state index contributed by atoms with van der Waals surface area (Å²) < 4.78 is 0. The third-order valence-electron chi connectivity index (χ3n) is 1.36. The largest absolute Gasteiger partial charge is 2.00 e. The second-order valence-corrected chi connectivity index (χ2v) is 2.12. The Morgan fingerprint density at radius 3 is 2.64 bits per heavy atom. The predicted molar refractivity (Wildman–Crippen MR) is 50.0 cm³/mol. The zero-order chi connectivity index (χ0) is 7.40. The average molecular weight is 160 g/mol. The van der Waals surface area contributed by atoms with Crippen LogP contribution >= 0.6 is 0 Å². The third kappa shape index (κ3) is 2.95. The number of hydrogen-bond acceptors (Lipinski definition) is 1. The molecule has 0 unspecified atom stereocenters. The van der Waals surface area contributed by atoms with E-state index in [1.165, 1.54) is 0 Å². The fourth-order valence-corrected chi connectivity index (χ4v) is 0.839. The molecule has 0 atom stereocenters. The molecule has 0 bridgehead atoms. The SMILES string of the molecule is C=CCc1ccccc1O.[H-].[H-].[Mg+2]. The van der Waals surface area contributed by atoms with Gasteiger partial charge in [-0.1, -0.05) is 24.3 Å². The fourth-order valence-electron chi connectivity index (χ4n) is 0.839. The molecule has 0 saturated carbocycles. The van der Waals surface area contributed by atoms with Gasteiger partial charge in [0, 0.05) is 0 Å². The molecule has 1 N–H and O–H groups in total. The minimum atomic E-state index is 0. The van der Waals surface area contributed by atoms with Crippen LogP contribution in [-0.2, 0) is 6.42 Å². The van der Waals surface area contributed by atoms with Crippen LogP contribution < -0.4 is 0 Å². The van der Waals surface area contributed by atoms with E-state index < -0.39 is 0 Å². The van der Waals surface area contributed by atoms with Crippen LogP contribution in [0.4, 0.5) is 0 Å². The normalized spacial score (nSPS) is 8.36.